The highest BCUT2D eigenvalue weighted by atomic mass is 79.9. The van der Waals surface area contributed by atoms with E-state index in [0.29, 0.717) is 4.47 Å². The second kappa shape index (κ2) is 4.87. The summed E-state index contributed by atoms with van der Waals surface area (Å²) in [6.07, 6.45) is -4.77. The maximum Gasteiger partial charge on any atom is 0.573 e. The Morgan fingerprint density at radius 3 is 2.41 bits per heavy atom. The van der Waals surface area contributed by atoms with Crippen molar-refractivity contribution in [1.29, 1.82) is 0 Å². The summed E-state index contributed by atoms with van der Waals surface area (Å²) in [5.74, 6) is -1.41. The van der Waals surface area contributed by atoms with Gasteiger partial charge in [0.2, 0.25) is 0 Å². The lowest BCUT2D eigenvalue weighted by Gasteiger charge is -2.14. The van der Waals surface area contributed by atoms with E-state index in [2.05, 4.69) is 20.7 Å². The summed E-state index contributed by atoms with van der Waals surface area (Å²) in [5.41, 5.74) is -0.652. The molecule has 0 aliphatic rings. The largest absolute Gasteiger partial charge is 0.573 e. The highest BCUT2D eigenvalue weighted by Gasteiger charge is 2.34. The number of alkyl halides is 3. The molecule has 0 heterocycles. The molecule has 0 atom stereocenters. The molecule has 1 aromatic carbocycles. The van der Waals surface area contributed by atoms with E-state index in [1.165, 1.54) is 0 Å². The number of halogens is 4. The number of hydrogen-bond acceptors (Lipinski definition) is 3. The molecule has 1 rings (SSSR count). The zero-order chi connectivity index (χ0) is 13.2. The number of rotatable bonds is 3. The number of carbonyl (C=O) groups is 2. The Morgan fingerprint density at radius 2 is 2.00 bits per heavy atom. The maximum atomic E-state index is 12.1. The fourth-order valence-corrected chi connectivity index (χ4v) is 1.67. The van der Waals surface area contributed by atoms with Gasteiger partial charge in [-0.1, -0.05) is 15.9 Å². The molecule has 0 saturated heterocycles. The highest BCUT2D eigenvalue weighted by molar-refractivity contribution is 9.10. The molecule has 0 aromatic heterocycles. The minimum atomic E-state index is -4.96. The van der Waals surface area contributed by atoms with Crippen LogP contribution in [0.4, 0.5) is 13.2 Å². The second-order valence-corrected chi connectivity index (χ2v) is 4.01. The Morgan fingerprint density at radius 1 is 1.41 bits per heavy atom. The summed E-state index contributed by atoms with van der Waals surface area (Å²) in [5, 5.41) is 0. The third-order valence-corrected chi connectivity index (χ3v) is 2.26. The first-order chi connectivity index (χ1) is 7.74. The van der Waals surface area contributed by atoms with E-state index in [4.69, 9.17) is 0 Å². The van der Waals surface area contributed by atoms with Crippen LogP contribution >= 0.6 is 15.9 Å². The van der Waals surface area contributed by atoms with Crippen molar-refractivity contribution in [2.75, 3.05) is 0 Å². The summed E-state index contributed by atoms with van der Waals surface area (Å²) in [6, 6.07) is 2.30. The van der Waals surface area contributed by atoms with Crippen LogP contribution in [0.2, 0.25) is 0 Å². The summed E-state index contributed by atoms with van der Waals surface area (Å²) in [6.45, 7) is 1.08. The number of Topliss-reactive ketones (excluding diaryl/α,β-unsaturated/α-hetero) is 1. The van der Waals surface area contributed by atoms with E-state index < -0.39 is 17.9 Å². The topological polar surface area (TPSA) is 43.4 Å². The van der Waals surface area contributed by atoms with E-state index in [1.807, 2.05) is 0 Å². The predicted octanol–water partition coefficient (Wildman–Crippen LogP) is 3.36. The number of hydrogen-bond donors (Lipinski definition) is 0. The lowest BCUT2D eigenvalue weighted by molar-refractivity contribution is -0.274. The van der Waals surface area contributed by atoms with Gasteiger partial charge in [-0.3, -0.25) is 9.59 Å². The van der Waals surface area contributed by atoms with Gasteiger partial charge in [-0.2, -0.15) is 0 Å². The van der Waals surface area contributed by atoms with Crippen molar-refractivity contribution in [3.8, 4) is 5.75 Å². The SMILES string of the molecule is CC(=O)c1cc(Br)cc(C=O)c1OC(F)(F)F. The molecule has 0 spiro atoms. The van der Waals surface area contributed by atoms with Crippen LogP contribution in [0.25, 0.3) is 0 Å². The minimum Gasteiger partial charge on any atom is -0.404 e. The Hall–Kier alpha value is -1.37. The van der Waals surface area contributed by atoms with Gasteiger partial charge in [-0.15, -0.1) is 13.2 Å². The van der Waals surface area contributed by atoms with Gasteiger partial charge in [0, 0.05) is 4.47 Å². The number of benzene rings is 1. The highest BCUT2D eigenvalue weighted by Crippen LogP contribution is 2.32. The van der Waals surface area contributed by atoms with Crippen LogP contribution in [0, 0.1) is 0 Å². The van der Waals surface area contributed by atoms with Gasteiger partial charge in [0.1, 0.15) is 0 Å². The fourth-order valence-electron chi connectivity index (χ4n) is 1.19. The van der Waals surface area contributed by atoms with Gasteiger partial charge in [-0.25, -0.2) is 0 Å². The molecule has 0 unspecified atom stereocenters. The number of ketones is 1. The van der Waals surface area contributed by atoms with Crippen molar-refractivity contribution < 1.29 is 27.5 Å². The quantitative estimate of drug-likeness (QED) is 0.635. The van der Waals surface area contributed by atoms with Crippen LogP contribution in [0.5, 0.6) is 5.75 Å². The lowest BCUT2D eigenvalue weighted by Crippen LogP contribution is -2.20. The first-order valence-electron chi connectivity index (χ1n) is 4.30. The first kappa shape index (κ1) is 13.7. The monoisotopic (exact) mass is 310 g/mol. The molecule has 0 radical (unpaired) electrons. The molecule has 0 N–H and O–H groups in total. The fraction of sp³-hybridized carbons (Fsp3) is 0.200. The van der Waals surface area contributed by atoms with Crippen molar-refractivity contribution in [2.24, 2.45) is 0 Å². The van der Waals surface area contributed by atoms with Gasteiger partial charge in [0.05, 0.1) is 11.1 Å². The first-order valence-corrected chi connectivity index (χ1v) is 5.09. The van der Waals surface area contributed by atoms with Crippen molar-refractivity contribution in [3.05, 3.63) is 27.7 Å². The Kier molecular flexibility index (Phi) is 3.92. The molecule has 1 aromatic rings. The maximum absolute atomic E-state index is 12.1. The third-order valence-electron chi connectivity index (χ3n) is 1.81. The molecule has 0 saturated carbocycles. The second-order valence-electron chi connectivity index (χ2n) is 3.09. The summed E-state index contributed by atoms with van der Waals surface area (Å²) in [7, 11) is 0. The molecule has 17 heavy (non-hydrogen) atoms. The lowest BCUT2D eigenvalue weighted by atomic mass is 10.1. The van der Waals surface area contributed by atoms with E-state index in [-0.39, 0.29) is 17.4 Å². The van der Waals surface area contributed by atoms with Crippen LogP contribution in [-0.2, 0) is 0 Å². The molecule has 0 aliphatic carbocycles. The van der Waals surface area contributed by atoms with E-state index in [1.54, 1.807) is 0 Å². The summed E-state index contributed by atoms with van der Waals surface area (Å²) < 4.78 is 40.4. The average Bonchev–Trinajstić information content (AvgIpc) is 2.17. The van der Waals surface area contributed by atoms with Crippen LogP contribution < -0.4 is 4.74 Å². The summed E-state index contributed by atoms with van der Waals surface area (Å²) in [4.78, 5) is 21.8. The zero-order valence-electron chi connectivity index (χ0n) is 8.47. The van der Waals surface area contributed by atoms with Crippen molar-refractivity contribution in [2.45, 2.75) is 13.3 Å². The van der Waals surface area contributed by atoms with Crippen LogP contribution in [0.15, 0.2) is 16.6 Å². The van der Waals surface area contributed by atoms with Gasteiger partial charge in [0.25, 0.3) is 0 Å². The Bertz CT molecular complexity index is 469. The third kappa shape index (κ3) is 3.55. The standard InChI is InChI=1S/C10H6BrF3O3/c1-5(16)8-3-7(11)2-6(4-15)9(8)17-10(12,13)14/h2-4H,1H3. The molecule has 7 heteroatoms. The molecule has 3 nitrogen and oxygen atoms in total. The van der Waals surface area contributed by atoms with Crippen LogP contribution in [-0.4, -0.2) is 18.4 Å². The molecule has 0 aliphatic heterocycles. The Labute approximate surface area is 103 Å². The van der Waals surface area contributed by atoms with Crippen LogP contribution in [0.1, 0.15) is 27.6 Å². The van der Waals surface area contributed by atoms with Crippen LogP contribution in [0.3, 0.4) is 0 Å². The minimum absolute atomic E-state index is 0.193. The van der Waals surface area contributed by atoms with Crippen molar-refractivity contribution >= 4 is 28.0 Å². The molecule has 92 valence electrons. The number of carbonyl (C=O) groups excluding carboxylic acids is 2. The van der Waals surface area contributed by atoms with Crippen molar-refractivity contribution in [1.82, 2.24) is 0 Å². The van der Waals surface area contributed by atoms with E-state index >= 15 is 0 Å². The molecular weight excluding hydrogens is 305 g/mol. The number of aldehydes is 1. The van der Waals surface area contributed by atoms with E-state index in [9.17, 15) is 22.8 Å². The predicted molar refractivity (Wildman–Crippen MR) is 56.2 cm³/mol. The van der Waals surface area contributed by atoms with E-state index in [0.717, 1.165) is 19.1 Å². The molecule has 0 fully saturated rings. The van der Waals surface area contributed by atoms with Gasteiger partial charge >= 0.3 is 6.36 Å². The Balaban J connectivity index is 3.42. The summed E-state index contributed by atoms with van der Waals surface area (Å²) >= 11 is 2.99. The van der Waals surface area contributed by atoms with Gasteiger partial charge in [0.15, 0.2) is 17.8 Å². The van der Waals surface area contributed by atoms with Crippen molar-refractivity contribution in [3.63, 3.8) is 0 Å². The average molecular weight is 311 g/mol. The molecular formula is C10H6BrF3O3. The normalized spacial score (nSPS) is 11.1. The smallest absolute Gasteiger partial charge is 0.404 e. The molecule has 0 bridgehead atoms. The van der Waals surface area contributed by atoms with Gasteiger partial charge < -0.3 is 4.74 Å². The number of ether oxygens (including phenoxy) is 1. The zero-order valence-corrected chi connectivity index (χ0v) is 10.1. The molecule has 0 amide bonds. The van der Waals surface area contributed by atoms with Gasteiger partial charge in [-0.05, 0) is 19.1 Å².